The third-order valence-corrected chi connectivity index (χ3v) is 6.94. The maximum absolute atomic E-state index is 12.7. The van der Waals surface area contributed by atoms with E-state index < -0.39 is 0 Å². The number of rotatable bonds is 8. The van der Waals surface area contributed by atoms with Gasteiger partial charge in [-0.15, -0.1) is 0 Å². The average molecular weight is 528 g/mol. The molecule has 4 aromatic rings. The second kappa shape index (κ2) is 11.5. The molecule has 1 aliphatic rings. The molecule has 2 aromatic heterocycles. The molecule has 2 N–H and O–H groups in total. The van der Waals surface area contributed by atoms with Crippen LogP contribution in [0, 0.1) is 12.8 Å². The quantitative estimate of drug-likeness (QED) is 0.299. The highest BCUT2D eigenvalue weighted by molar-refractivity contribution is 5.92. The Morgan fingerprint density at radius 3 is 2.77 bits per heavy atom. The van der Waals surface area contributed by atoms with Crippen molar-refractivity contribution in [3.63, 3.8) is 0 Å². The van der Waals surface area contributed by atoms with E-state index in [2.05, 4.69) is 41.5 Å². The molecule has 0 spiro atoms. The fourth-order valence-corrected chi connectivity index (χ4v) is 4.76. The molecule has 1 atom stereocenters. The monoisotopic (exact) mass is 527 g/mol. The lowest BCUT2D eigenvalue weighted by molar-refractivity contribution is -0.115. The molecule has 8 nitrogen and oxygen atoms in total. The molecule has 1 amide bonds. The van der Waals surface area contributed by atoms with E-state index in [0.717, 1.165) is 46.6 Å². The smallest absolute Gasteiger partial charge is 0.228 e. The van der Waals surface area contributed by atoms with Crippen molar-refractivity contribution in [1.29, 1.82) is 0 Å². The summed E-state index contributed by atoms with van der Waals surface area (Å²) in [4.78, 5) is 17.2. The van der Waals surface area contributed by atoms with Gasteiger partial charge in [0.1, 0.15) is 17.2 Å². The molecule has 0 unspecified atom stereocenters. The molecule has 1 saturated heterocycles. The van der Waals surface area contributed by atoms with E-state index in [-0.39, 0.29) is 17.9 Å². The molecule has 0 saturated carbocycles. The SMILES string of the molecule is Cc1cc(CC(=O)Nc2cnn(C(C)(C)C)c2)ccc1Oc1ccnc2ccc(OC[C@@H]3CCCNC3)cc12. The van der Waals surface area contributed by atoms with Crippen molar-refractivity contribution in [3.8, 4) is 17.2 Å². The van der Waals surface area contributed by atoms with E-state index in [1.165, 1.54) is 12.8 Å². The molecule has 0 radical (unpaired) electrons. The fourth-order valence-electron chi connectivity index (χ4n) is 4.76. The number of ether oxygens (including phenoxy) is 2. The van der Waals surface area contributed by atoms with Crippen molar-refractivity contribution in [2.45, 2.75) is 52.5 Å². The van der Waals surface area contributed by atoms with Crippen LogP contribution in [0.15, 0.2) is 61.1 Å². The van der Waals surface area contributed by atoms with Gasteiger partial charge in [-0.05, 0) is 88.5 Å². The lowest BCUT2D eigenvalue weighted by atomic mass is 10.0. The number of nitrogens with one attached hydrogen (secondary N) is 2. The largest absolute Gasteiger partial charge is 0.493 e. The topological polar surface area (TPSA) is 90.3 Å². The van der Waals surface area contributed by atoms with Crippen LogP contribution in [0.2, 0.25) is 0 Å². The van der Waals surface area contributed by atoms with Gasteiger partial charge in [0, 0.05) is 30.2 Å². The Morgan fingerprint density at radius 2 is 2.03 bits per heavy atom. The number of amides is 1. The molecule has 3 heterocycles. The molecule has 0 bridgehead atoms. The minimum Gasteiger partial charge on any atom is -0.493 e. The number of benzene rings is 2. The summed E-state index contributed by atoms with van der Waals surface area (Å²) in [6, 6.07) is 13.6. The highest BCUT2D eigenvalue weighted by Crippen LogP contribution is 2.33. The highest BCUT2D eigenvalue weighted by atomic mass is 16.5. The minimum atomic E-state index is -0.142. The molecule has 1 aliphatic heterocycles. The summed E-state index contributed by atoms with van der Waals surface area (Å²) in [5.74, 6) is 2.71. The van der Waals surface area contributed by atoms with E-state index in [1.54, 1.807) is 12.4 Å². The predicted octanol–water partition coefficient (Wildman–Crippen LogP) is 5.85. The number of pyridine rings is 1. The normalized spacial score (nSPS) is 15.7. The van der Waals surface area contributed by atoms with Crippen molar-refractivity contribution in [2.24, 2.45) is 5.92 Å². The van der Waals surface area contributed by atoms with Crippen LogP contribution < -0.4 is 20.1 Å². The first-order valence-corrected chi connectivity index (χ1v) is 13.6. The summed E-state index contributed by atoms with van der Waals surface area (Å²) in [5, 5.41) is 11.6. The lowest BCUT2D eigenvalue weighted by Gasteiger charge is -2.22. The van der Waals surface area contributed by atoms with E-state index >= 15 is 0 Å². The van der Waals surface area contributed by atoms with Crippen molar-refractivity contribution in [3.05, 3.63) is 72.2 Å². The number of fused-ring (bicyclic) bond motifs is 1. The number of nitrogens with zero attached hydrogens (tertiary/aromatic N) is 3. The van der Waals surface area contributed by atoms with Gasteiger partial charge in [0.15, 0.2) is 0 Å². The maximum atomic E-state index is 12.7. The summed E-state index contributed by atoms with van der Waals surface area (Å²) in [6.07, 6.45) is 7.92. The molecule has 204 valence electrons. The molecule has 1 fully saturated rings. The number of anilines is 1. The number of hydrogen-bond acceptors (Lipinski definition) is 6. The van der Waals surface area contributed by atoms with Gasteiger partial charge < -0.3 is 20.1 Å². The highest BCUT2D eigenvalue weighted by Gasteiger charge is 2.16. The van der Waals surface area contributed by atoms with Crippen LogP contribution in [0.4, 0.5) is 5.69 Å². The Bertz CT molecular complexity index is 1450. The first-order valence-electron chi connectivity index (χ1n) is 13.6. The van der Waals surface area contributed by atoms with E-state index in [9.17, 15) is 4.79 Å². The number of hydrogen-bond donors (Lipinski definition) is 2. The molecule has 39 heavy (non-hydrogen) atoms. The van der Waals surface area contributed by atoms with Crippen LogP contribution in [0.3, 0.4) is 0 Å². The first kappa shape index (κ1) is 26.7. The van der Waals surface area contributed by atoms with Gasteiger partial charge in [0.05, 0.1) is 36.0 Å². The van der Waals surface area contributed by atoms with E-state index in [0.29, 0.717) is 24.0 Å². The Morgan fingerprint density at radius 1 is 1.15 bits per heavy atom. The second-order valence-corrected chi connectivity index (χ2v) is 11.3. The Labute approximate surface area is 229 Å². The summed E-state index contributed by atoms with van der Waals surface area (Å²) >= 11 is 0. The number of carbonyl (C=O) groups is 1. The van der Waals surface area contributed by atoms with Gasteiger partial charge in [0.2, 0.25) is 5.91 Å². The maximum Gasteiger partial charge on any atom is 0.228 e. The standard InChI is InChI=1S/C31H37N5O3/c1-21-14-22(15-30(37)35-24-18-34-36(19-24)31(2,3)4)7-10-28(21)39-29-11-13-33-27-9-8-25(16-26(27)29)38-20-23-6-5-12-32-17-23/h7-11,13-14,16,18-19,23,32H,5-6,12,15,17,20H2,1-4H3,(H,35,37)/t23-/m1/s1. The lowest BCUT2D eigenvalue weighted by Crippen LogP contribution is -2.33. The van der Waals surface area contributed by atoms with Gasteiger partial charge in [0.25, 0.3) is 0 Å². The zero-order valence-electron chi connectivity index (χ0n) is 23.2. The summed E-state index contributed by atoms with van der Waals surface area (Å²) in [6.45, 7) is 11.0. The minimum absolute atomic E-state index is 0.0896. The summed E-state index contributed by atoms with van der Waals surface area (Å²) < 4.78 is 14.3. The molecular weight excluding hydrogens is 490 g/mol. The van der Waals surface area contributed by atoms with Crippen molar-refractivity contribution in [1.82, 2.24) is 20.1 Å². The molecular formula is C31H37N5O3. The van der Waals surface area contributed by atoms with E-state index in [1.807, 2.05) is 60.3 Å². The van der Waals surface area contributed by atoms with Crippen LogP contribution in [-0.2, 0) is 16.8 Å². The Kier molecular flexibility index (Phi) is 7.84. The fraction of sp³-hybridized carbons (Fsp3) is 0.387. The van der Waals surface area contributed by atoms with Crippen LogP contribution in [0.25, 0.3) is 10.9 Å². The van der Waals surface area contributed by atoms with E-state index in [4.69, 9.17) is 9.47 Å². The zero-order chi connectivity index (χ0) is 27.4. The average Bonchev–Trinajstić information content (AvgIpc) is 3.39. The van der Waals surface area contributed by atoms with Crippen LogP contribution >= 0.6 is 0 Å². The number of piperidine rings is 1. The third kappa shape index (κ3) is 6.75. The van der Waals surface area contributed by atoms with Crippen molar-refractivity contribution in [2.75, 3.05) is 25.0 Å². The number of aryl methyl sites for hydroxylation is 1. The van der Waals surface area contributed by atoms with Gasteiger partial charge in [-0.25, -0.2) is 0 Å². The molecule has 0 aliphatic carbocycles. The predicted molar refractivity (Wildman–Crippen MR) is 154 cm³/mol. The summed E-state index contributed by atoms with van der Waals surface area (Å²) in [5.41, 5.74) is 3.25. The van der Waals surface area contributed by atoms with Gasteiger partial charge in [-0.3, -0.25) is 14.5 Å². The van der Waals surface area contributed by atoms with Crippen LogP contribution in [-0.4, -0.2) is 40.4 Å². The number of aromatic nitrogens is 3. The van der Waals surface area contributed by atoms with Crippen molar-refractivity contribution < 1.29 is 14.3 Å². The second-order valence-electron chi connectivity index (χ2n) is 11.3. The Hall–Kier alpha value is -3.91. The first-order chi connectivity index (χ1) is 18.7. The van der Waals surface area contributed by atoms with Gasteiger partial charge >= 0.3 is 0 Å². The van der Waals surface area contributed by atoms with Gasteiger partial charge in [-0.2, -0.15) is 5.10 Å². The van der Waals surface area contributed by atoms with Crippen LogP contribution in [0.1, 0.15) is 44.7 Å². The molecule has 8 heteroatoms. The van der Waals surface area contributed by atoms with Crippen molar-refractivity contribution >= 4 is 22.5 Å². The molecule has 2 aromatic carbocycles. The Balaban J connectivity index is 1.25. The van der Waals surface area contributed by atoms with Crippen LogP contribution in [0.5, 0.6) is 17.2 Å². The zero-order valence-corrected chi connectivity index (χ0v) is 23.2. The summed E-state index contributed by atoms with van der Waals surface area (Å²) in [7, 11) is 0. The third-order valence-electron chi connectivity index (χ3n) is 6.94. The van der Waals surface area contributed by atoms with Gasteiger partial charge in [-0.1, -0.05) is 12.1 Å². The number of carbonyl (C=O) groups excluding carboxylic acids is 1. The molecule has 5 rings (SSSR count).